The van der Waals surface area contributed by atoms with Crippen LogP contribution in [0.1, 0.15) is 46.5 Å². The first-order chi connectivity index (χ1) is 9.81. The molecule has 21 heavy (non-hydrogen) atoms. The normalized spacial score (nSPS) is 24.4. The predicted molar refractivity (Wildman–Crippen MR) is 81.1 cm³/mol. The van der Waals surface area contributed by atoms with Crippen LogP contribution in [0.5, 0.6) is 0 Å². The van der Waals surface area contributed by atoms with E-state index in [0.717, 1.165) is 25.7 Å². The first kappa shape index (κ1) is 18.2. The zero-order valence-corrected chi connectivity index (χ0v) is 13.4. The first-order valence-electron chi connectivity index (χ1n) is 7.81. The molecule has 1 amide bonds. The summed E-state index contributed by atoms with van der Waals surface area (Å²) in [6, 6.07) is 0.259. The summed E-state index contributed by atoms with van der Waals surface area (Å²) in [5.74, 6) is 0.331. The van der Waals surface area contributed by atoms with Crippen molar-refractivity contribution in [2.24, 2.45) is 5.92 Å². The van der Waals surface area contributed by atoms with E-state index in [4.69, 9.17) is 9.84 Å². The zero-order valence-electron chi connectivity index (χ0n) is 13.4. The highest BCUT2D eigenvalue weighted by Crippen LogP contribution is 2.24. The van der Waals surface area contributed by atoms with E-state index in [1.165, 1.54) is 0 Å². The second-order valence-electron chi connectivity index (χ2n) is 6.78. The molecule has 0 aromatic carbocycles. The van der Waals surface area contributed by atoms with Crippen LogP contribution in [-0.2, 0) is 4.74 Å². The Bertz CT molecular complexity index is 317. The lowest BCUT2D eigenvalue weighted by atomic mass is 9.84. The van der Waals surface area contributed by atoms with Crippen molar-refractivity contribution in [3.63, 3.8) is 0 Å². The molecule has 3 atom stereocenters. The van der Waals surface area contributed by atoms with E-state index in [0.29, 0.717) is 19.0 Å². The molecule has 0 aliphatic heterocycles. The molecular weight excluding hydrogens is 272 g/mol. The quantitative estimate of drug-likeness (QED) is 0.588. The van der Waals surface area contributed by atoms with E-state index < -0.39 is 11.7 Å². The summed E-state index contributed by atoms with van der Waals surface area (Å²) in [6.45, 7) is 6.24. The minimum absolute atomic E-state index is 0.236. The summed E-state index contributed by atoms with van der Waals surface area (Å²) in [5, 5.41) is 24.4. The Morgan fingerprint density at radius 3 is 2.62 bits per heavy atom. The van der Waals surface area contributed by atoms with Crippen molar-refractivity contribution >= 4 is 6.09 Å². The van der Waals surface area contributed by atoms with Crippen LogP contribution >= 0.6 is 0 Å². The van der Waals surface area contributed by atoms with Gasteiger partial charge in [0.2, 0.25) is 0 Å². The Hall–Kier alpha value is -0.850. The van der Waals surface area contributed by atoms with Gasteiger partial charge in [-0.1, -0.05) is 12.8 Å². The molecule has 0 saturated heterocycles. The van der Waals surface area contributed by atoms with Crippen LogP contribution in [0.25, 0.3) is 0 Å². The van der Waals surface area contributed by atoms with Crippen molar-refractivity contribution in [2.75, 3.05) is 19.7 Å². The molecule has 1 saturated carbocycles. The van der Waals surface area contributed by atoms with Crippen molar-refractivity contribution in [3.05, 3.63) is 0 Å². The van der Waals surface area contributed by atoms with Crippen molar-refractivity contribution < 1.29 is 19.7 Å². The molecule has 0 aromatic heterocycles. The van der Waals surface area contributed by atoms with Crippen LogP contribution in [0.2, 0.25) is 0 Å². The van der Waals surface area contributed by atoms with E-state index in [-0.39, 0.29) is 18.7 Å². The Labute approximate surface area is 127 Å². The summed E-state index contributed by atoms with van der Waals surface area (Å²) in [5.41, 5.74) is -0.487. The average molecular weight is 302 g/mol. The van der Waals surface area contributed by atoms with Gasteiger partial charge in [0.25, 0.3) is 0 Å². The monoisotopic (exact) mass is 302 g/mol. The molecule has 0 aromatic rings. The topological polar surface area (TPSA) is 90.8 Å². The lowest BCUT2D eigenvalue weighted by Gasteiger charge is -2.33. The number of carbonyl (C=O) groups is 1. The lowest BCUT2D eigenvalue weighted by molar-refractivity contribution is 0.0506. The fourth-order valence-corrected chi connectivity index (χ4v) is 2.60. The Kier molecular flexibility index (Phi) is 7.42. The second kappa shape index (κ2) is 8.56. The summed E-state index contributed by atoms with van der Waals surface area (Å²) in [6.07, 6.45) is 3.26. The van der Waals surface area contributed by atoms with Gasteiger partial charge in [-0.2, -0.15) is 0 Å². The van der Waals surface area contributed by atoms with E-state index in [2.05, 4.69) is 10.6 Å². The van der Waals surface area contributed by atoms with Crippen LogP contribution in [0.15, 0.2) is 0 Å². The Balaban J connectivity index is 2.37. The number of amides is 1. The number of aliphatic hydroxyl groups is 2. The lowest BCUT2D eigenvalue weighted by Crippen LogP contribution is -2.47. The van der Waals surface area contributed by atoms with Crippen LogP contribution in [0.4, 0.5) is 4.79 Å². The average Bonchev–Trinajstić information content (AvgIpc) is 2.41. The maximum Gasteiger partial charge on any atom is 0.407 e. The van der Waals surface area contributed by atoms with Crippen molar-refractivity contribution in [1.82, 2.24) is 10.6 Å². The smallest absolute Gasteiger partial charge is 0.407 e. The maximum absolute atomic E-state index is 11.7. The highest BCUT2D eigenvalue weighted by atomic mass is 16.6. The number of nitrogens with one attached hydrogen (secondary N) is 2. The Morgan fingerprint density at radius 2 is 2.00 bits per heavy atom. The van der Waals surface area contributed by atoms with Crippen LogP contribution in [0.3, 0.4) is 0 Å². The highest BCUT2D eigenvalue weighted by Gasteiger charge is 2.26. The number of hydrogen-bond donors (Lipinski definition) is 4. The van der Waals surface area contributed by atoms with Gasteiger partial charge in [-0.3, -0.25) is 0 Å². The number of carbonyl (C=O) groups excluding carboxylic acids is 1. The van der Waals surface area contributed by atoms with Gasteiger partial charge in [-0.25, -0.2) is 4.79 Å². The summed E-state index contributed by atoms with van der Waals surface area (Å²) in [7, 11) is 0. The van der Waals surface area contributed by atoms with Crippen LogP contribution in [-0.4, -0.2) is 53.7 Å². The van der Waals surface area contributed by atoms with Gasteiger partial charge in [0, 0.05) is 19.1 Å². The SMILES string of the molecule is CC(C)(C)OC(=O)NCC1CCCCC1NCC(O)CO. The zero-order chi connectivity index (χ0) is 15.9. The molecular formula is C15H30N2O4. The molecule has 0 radical (unpaired) electrons. The molecule has 124 valence electrons. The number of aliphatic hydroxyl groups excluding tert-OH is 2. The molecule has 6 nitrogen and oxygen atoms in total. The molecule has 1 aliphatic carbocycles. The fourth-order valence-electron chi connectivity index (χ4n) is 2.60. The van der Waals surface area contributed by atoms with Gasteiger partial charge in [0.05, 0.1) is 12.7 Å². The molecule has 4 N–H and O–H groups in total. The molecule has 1 rings (SSSR count). The van der Waals surface area contributed by atoms with Crippen molar-refractivity contribution in [3.8, 4) is 0 Å². The molecule has 6 heteroatoms. The maximum atomic E-state index is 11.7. The van der Waals surface area contributed by atoms with E-state index in [1.807, 2.05) is 20.8 Å². The van der Waals surface area contributed by atoms with Gasteiger partial charge >= 0.3 is 6.09 Å². The van der Waals surface area contributed by atoms with Crippen LogP contribution < -0.4 is 10.6 Å². The van der Waals surface area contributed by atoms with Crippen LogP contribution in [0, 0.1) is 5.92 Å². The van der Waals surface area contributed by atoms with Gasteiger partial charge < -0.3 is 25.6 Å². The molecule has 0 bridgehead atoms. The summed E-state index contributed by atoms with van der Waals surface area (Å²) < 4.78 is 5.24. The van der Waals surface area contributed by atoms with E-state index >= 15 is 0 Å². The minimum atomic E-state index is -0.730. The largest absolute Gasteiger partial charge is 0.444 e. The predicted octanol–water partition coefficient (Wildman–Crippen LogP) is 1.01. The molecule has 0 heterocycles. The first-order valence-corrected chi connectivity index (χ1v) is 7.81. The highest BCUT2D eigenvalue weighted by molar-refractivity contribution is 5.67. The summed E-state index contributed by atoms with van der Waals surface area (Å²) in [4.78, 5) is 11.7. The number of rotatable bonds is 6. The minimum Gasteiger partial charge on any atom is -0.444 e. The van der Waals surface area contributed by atoms with Gasteiger partial charge in [0.15, 0.2) is 0 Å². The standard InChI is InChI=1S/C15H30N2O4/c1-15(2,3)21-14(20)17-8-11-6-4-5-7-13(11)16-9-12(19)10-18/h11-13,16,18-19H,4-10H2,1-3H3,(H,17,20). The van der Waals surface area contributed by atoms with E-state index in [9.17, 15) is 9.90 Å². The molecule has 1 aliphatic rings. The van der Waals surface area contributed by atoms with E-state index in [1.54, 1.807) is 0 Å². The third kappa shape index (κ3) is 7.64. The molecule has 0 spiro atoms. The molecule has 1 fully saturated rings. The number of ether oxygens (including phenoxy) is 1. The van der Waals surface area contributed by atoms with Gasteiger partial charge in [0.1, 0.15) is 5.60 Å². The number of hydrogen-bond acceptors (Lipinski definition) is 5. The number of alkyl carbamates (subject to hydrolysis) is 1. The Morgan fingerprint density at radius 1 is 1.33 bits per heavy atom. The van der Waals surface area contributed by atoms with Gasteiger partial charge in [-0.15, -0.1) is 0 Å². The van der Waals surface area contributed by atoms with Gasteiger partial charge in [-0.05, 0) is 39.5 Å². The van der Waals surface area contributed by atoms with Crippen molar-refractivity contribution in [1.29, 1.82) is 0 Å². The summed E-state index contributed by atoms with van der Waals surface area (Å²) >= 11 is 0. The fraction of sp³-hybridized carbons (Fsp3) is 0.933. The second-order valence-corrected chi connectivity index (χ2v) is 6.78. The molecule has 3 unspecified atom stereocenters. The third-order valence-electron chi connectivity index (χ3n) is 3.64. The van der Waals surface area contributed by atoms with Crippen molar-refractivity contribution in [2.45, 2.75) is 64.2 Å². The third-order valence-corrected chi connectivity index (χ3v) is 3.64.